The van der Waals surface area contributed by atoms with E-state index in [-0.39, 0.29) is 17.3 Å². The van der Waals surface area contributed by atoms with Crippen molar-refractivity contribution in [3.8, 4) is 0 Å². The van der Waals surface area contributed by atoms with Gasteiger partial charge in [-0.1, -0.05) is 0 Å². The molecule has 1 spiro atoms. The third-order valence-corrected chi connectivity index (χ3v) is 4.90. The highest BCUT2D eigenvalue weighted by Crippen LogP contribution is 2.39. The van der Waals surface area contributed by atoms with Crippen molar-refractivity contribution < 1.29 is 15.0 Å². The van der Waals surface area contributed by atoms with E-state index in [9.17, 15) is 9.90 Å². The molecule has 0 aromatic carbocycles. The topological polar surface area (TPSA) is 94.7 Å². The summed E-state index contributed by atoms with van der Waals surface area (Å²) in [6, 6.07) is 0. The van der Waals surface area contributed by atoms with Crippen LogP contribution in [0.4, 0.5) is 5.95 Å². The number of anilines is 1. The SMILES string of the molecule is CN1CC[C@H](O)[C@@]2(CCCN(c3nc(C(=O)O)nn3C)C2)C1. The van der Waals surface area contributed by atoms with Crippen molar-refractivity contribution in [2.75, 3.05) is 38.1 Å². The van der Waals surface area contributed by atoms with Gasteiger partial charge in [-0.3, -0.25) is 0 Å². The van der Waals surface area contributed by atoms with Gasteiger partial charge in [0, 0.05) is 38.6 Å². The summed E-state index contributed by atoms with van der Waals surface area (Å²) >= 11 is 0. The smallest absolute Gasteiger partial charge is 0.375 e. The second-order valence-corrected chi connectivity index (χ2v) is 6.59. The van der Waals surface area contributed by atoms with Crippen molar-refractivity contribution in [1.82, 2.24) is 19.7 Å². The lowest BCUT2D eigenvalue weighted by molar-refractivity contribution is -0.0468. The summed E-state index contributed by atoms with van der Waals surface area (Å²) in [5, 5.41) is 23.5. The Labute approximate surface area is 129 Å². The van der Waals surface area contributed by atoms with Crippen molar-refractivity contribution in [3.63, 3.8) is 0 Å². The Hall–Kier alpha value is -1.67. The summed E-state index contributed by atoms with van der Waals surface area (Å²) in [5.41, 5.74) is -0.166. The first kappa shape index (κ1) is 15.2. The molecular formula is C14H23N5O3. The molecule has 8 heteroatoms. The highest BCUT2D eigenvalue weighted by atomic mass is 16.4. The first-order valence-electron chi connectivity index (χ1n) is 7.67. The molecule has 0 unspecified atom stereocenters. The number of carboxylic acids is 1. The van der Waals surface area contributed by atoms with Crippen LogP contribution in [0.3, 0.4) is 0 Å². The first-order valence-corrected chi connectivity index (χ1v) is 7.67. The number of aryl methyl sites for hydroxylation is 1. The fourth-order valence-corrected chi connectivity index (χ4v) is 3.85. The maximum Gasteiger partial charge on any atom is 0.375 e. The minimum atomic E-state index is -1.12. The van der Waals surface area contributed by atoms with E-state index < -0.39 is 5.97 Å². The third-order valence-electron chi connectivity index (χ3n) is 4.90. The maximum atomic E-state index is 11.0. The second-order valence-electron chi connectivity index (χ2n) is 6.59. The third kappa shape index (κ3) is 2.56. The van der Waals surface area contributed by atoms with Crippen molar-refractivity contribution >= 4 is 11.9 Å². The lowest BCUT2D eigenvalue weighted by Crippen LogP contribution is -2.58. The van der Waals surface area contributed by atoms with Crippen molar-refractivity contribution in [3.05, 3.63) is 5.82 Å². The minimum absolute atomic E-state index is 0.166. The fourth-order valence-electron chi connectivity index (χ4n) is 3.85. The molecule has 3 rings (SSSR count). The highest BCUT2D eigenvalue weighted by molar-refractivity contribution is 5.83. The second kappa shape index (κ2) is 5.51. The van der Waals surface area contributed by atoms with E-state index in [0.29, 0.717) is 12.5 Å². The molecule has 122 valence electrons. The van der Waals surface area contributed by atoms with Gasteiger partial charge in [-0.25, -0.2) is 9.48 Å². The predicted octanol–water partition coefficient (Wildman–Crippen LogP) is -0.204. The molecule has 2 aliphatic heterocycles. The summed E-state index contributed by atoms with van der Waals surface area (Å²) in [5.74, 6) is -0.735. The number of piperidine rings is 2. The van der Waals surface area contributed by atoms with Gasteiger partial charge in [0.15, 0.2) is 0 Å². The number of aliphatic hydroxyl groups is 1. The predicted molar refractivity (Wildman–Crippen MR) is 80.0 cm³/mol. The molecule has 2 saturated heterocycles. The van der Waals surface area contributed by atoms with Crippen LogP contribution in [0.15, 0.2) is 0 Å². The van der Waals surface area contributed by atoms with Gasteiger partial charge in [0.2, 0.25) is 5.95 Å². The first-order chi connectivity index (χ1) is 10.4. The maximum absolute atomic E-state index is 11.0. The number of aromatic carboxylic acids is 1. The molecule has 1 aromatic heterocycles. The summed E-state index contributed by atoms with van der Waals surface area (Å²) in [4.78, 5) is 19.5. The minimum Gasteiger partial charge on any atom is -0.475 e. The van der Waals surface area contributed by atoms with Crippen LogP contribution < -0.4 is 4.90 Å². The van der Waals surface area contributed by atoms with Crippen LogP contribution in [0.1, 0.15) is 29.9 Å². The van der Waals surface area contributed by atoms with Crippen LogP contribution in [0.2, 0.25) is 0 Å². The number of nitrogens with zero attached hydrogens (tertiary/aromatic N) is 5. The summed E-state index contributed by atoms with van der Waals surface area (Å²) in [6.07, 6.45) is 2.40. The van der Waals surface area contributed by atoms with Crippen molar-refractivity contribution in [2.45, 2.75) is 25.4 Å². The van der Waals surface area contributed by atoms with Crippen LogP contribution in [0, 0.1) is 5.41 Å². The zero-order valence-electron chi connectivity index (χ0n) is 13.1. The van der Waals surface area contributed by atoms with E-state index in [1.54, 1.807) is 7.05 Å². The number of hydrogen-bond donors (Lipinski definition) is 2. The molecule has 22 heavy (non-hydrogen) atoms. The molecular weight excluding hydrogens is 286 g/mol. The van der Waals surface area contributed by atoms with Gasteiger partial charge in [0.25, 0.3) is 5.82 Å². The molecule has 0 amide bonds. The Bertz CT molecular complexity index is 575. The van der Waals surface area contributed by atoms with Crippen LogP contribution in [-0.2, 0) is 7.05 Å². The Morgan fingerprint density at radius 2 is 2.09 bits per heavy atom. The van der Waals surface area contributed by atoms with E-state index in [1.807, 2.05) is 0 Å². The quantitative estimate of drug-likeness (QED) is 0.781. The molecule has 0 aliphatic carbocycles. The van der Waals surface area contributed by atoms with Crippen LogP contribution in [0.25, 0.3) is 0 Å². The zero-order valence-corrected chi connectivity index (χ0v) is 13.1. The molecule has 1 aromatic rings. The Balaban J connectivity index is 1.85. The number of carboxylic acid groups (broad SMARTS) is 1. The number of rotatable bonds is 2. The normalized spacial score (nSPS) is 30.0. The number of carbonyl (C=O) groups is 1. The number of aromatic nitrogens is 3. The molecule has 2 fully saturated rings. The van der Waals surface area contributed by atoms with Crippen LogP contribution in [0.5, 0.6) is 0 Å². The van der Waals surface area contributed by atoms with E-state index in [2.05, 4.69) is 26.9 Å². The summed E-state index contributed by atoms with van der Waals surface area (Å²) in [7, 11) is 3.79. The van der Waals surface area contributed by atoms with E-state index in [0.717, 1.165) is 38.9 Å². The van der Waals surface area contributed by atoms with Crippen molar-refractivity contribution in [1.29, 1.82) is 0 Å². The van der Waals surface area contributed by atoms with Crippen LogP contribution in [-0.4, -0.2) is 75.2 Å². The molecule has 2 aliphatic rings. The highest BCUT2D eigenvalue weighted by Gasteiger charge is 2.45. The average Bonchev–Trinajstić information content (AvgIpc) is 2.86. The molecule has 8 nitrogen and oxygen atoms in total. The van der Waals surface area contributed by atoms with Gasteiger partial charge in [-0.2, -0.15) is 4.98 Å². The fraction of sp³-hybridized carbons (Fsp3) is 0.786. The molecule has 2 atom stereocenters. The number of aliphatic hydroxyl groups excluding tert-OH is 1. The molecule has 0 radical (unpaired) electrons. The standard InChI is InChI=1S/C14H23N5O3/c1-17-7-4-10(20)14(8-17)5-3-6-19(9-14)13-15-11(12(21)22)16-18(13)2/h10,20H,3-9H2,1-2H3,(H,21,22)/t10-,14-/m0/s1. The van der Waals surface area contributed by atoms with Gasteiger partial charge < -0.3 is 20.0 Å². The Morgan fingerprint density at radius 1 is 1.32 bits per heavy atom. The largest absolute Gasteiger partial charge is 0.475 e. The van der Waals surface area contributed by atoms with E-state index in [1.165, 1.54) is 4.68 Å². The van der Waals surface area contributed by atoms with Crippen LogP contribution >= 0.6 is 0 Å². The zero-order chi connectivity index (χ0) is 15.9. The monoisotopic (exact) mass is 309 g/mol. The summed E-state index contributed by atoms with van der Waals surface area (Å²) in [6.45, 7) is 3.26. The molecule has 3 heterocycles. The lowest BCUT2D eigenvalue weighted by Gasteiger charge is -2.50. The van der Waals surface area contributed by atoms with E-state index >= 15 is 0 Å². The van der Waals surface area contributed by atoms with Crippen molar-refractivity contribution in [2.24, 2.45) is 12.5 Å². The lowest BCUT2D eigenvalue weighted by atomic mass is 9.72. The number of likely N-dealkylation sites (tertiary alicyclic amines) is 1. The van der Waals surface area contributed by atoms with Gasteiger partial charge in [-0.05, 0) is 26.3 Å². The molecule has 0 bridgehead atoms. The summed E-state index contributed by atoms with van der Waals surface area (Å²) < 4.78 is 1.52. The number of hydrogen-bond acceptors (Lipinski definition) is 6. The van der Waals surface area contributed by atoms with Gasteiger partial charge in [0.05, 0.1) is 6.10 Å². The molecule has 2 N–H and O–H groups in total. The Kier molecular flexibility index (Phi) is 3.82. The van der Waals surface area contributed by atoms with Gasteiger partial charge >= 0.3 is 5.97 Å². The van der Waals surface area contributed by atoms with Gasteiger partial charge in [0.1, 0.15) is 0 Å². The van der Waals surface area contributed by atoms with E-state index in [4.69, 9.17) is 5.11 Å². The molecule has 0 saturated carbocycles. The Morgan fingerprint density at radius 3 is 2.77 bits per heavy atom. The average molecular weight is 309 g/mol. The van der Waals surface area contributed by atoms with Gasteiger partial charge in [-0.15, -0.1) is 5.10 Å².